The lowest BCUT2D eigenvalue weighted by atomic mass is 10.2. The number of thiophene rings is 1. The minimum absolute atomic E-state index is 0.0355. The number of nitrogens with one attached hydrogen (secondary N) is 2. The zero-order chi connectivity index (χ0) is 17.4. The van der Waals surface area contributed by atoms with Gasteiger partial charge in [0.15, 0.2) is 0 Å². The molecule has 0 spiro atoms. The Morgan fingerprint density at radius 2 is 1.92 bits per heavy atom. The van der Waals surface area contributed by atoms with Crippen LogP contribution in [0.4, 0.5) is 15.8 Å². The van der Waals surface area contributed by atoms with E-state index >= 15 is 0 Å². The number of fused-ring (bicyclic) bond motifs is 1. The Balaban J connectivity index is 2.01. The van der Waals surface area contributed by atoms with Crippen molar-refractivity contribution in [3.8, 4) is 0 Å². The molecule has 0 saturated heterocycles. The number of aromatic carboxylic acids is 1. The Kier molecular flexibility index (Phi) is 3.78. The molecule has 1 amide bonds. The molecule has 2 heterocycles. The molecule has 3 rings (SSSR count). The maximum absolute atomic E-state index is 12.9. The average Bonchev–Trinajstić information content (AvgIpc) is 2.85. The third-order valence-electron chi connectivity index (χ3n) is 3.27. The minimum atomic E-state index is -1.64. The van der Waals surface area contributed by atoms with Crippen molar-refractivity contribution in [1.82, 2.24) is 4.98 Å². The number of hydrogen-bond donors (Lipinski definition) is 3. The second-order valence-corrected chi connectivity index (χ2v) is 5.87. The van der Waals surface area contributed by atoms with Crippen LogP contribution in [0, 0.1) is 5.82 Å². The SMILES string of the molecule is Nc1c(C(=O)Nc2ccc(F)cc2)sc2[nH]c(=O)c(C(=O)[O-])cc12. The molecule has 4 N–H and O–H groups in total. The van der Waals surface area contributed by atoms with E-state index in [0.717, 1.165) is 17.4 Å². The molecule has 1 aromatic carbocycles. The van der Waals surface area contributed by atoms with E-state index in [1.807, 2.05) is 0 Å². The lowest BCUT2D eigenvalue weighted by Crippen LogP contribution is -2.29. The van der Waals surface area contributed by atoms with E-state index in [1.165, 1.54) is 24.3 Å². The number of halogens is 1. The van der Waals surface area contributed by atoms with Crippen LogP contribution in [0.3, 0.4) is 0 Å². The molecule has 0 unspecified atom stereocenters. The summed E-state index contributed by atoms with van der Waals surface area (Å²) in [6.45, 7) is 0. The number of carbonyl (C=O) groups is 2. The monoisotopic (exact) mass is 346 g/mol. The lowest BCUT2D eigenvalue weighted by molar-refractivity contribution is -0.255. The molecule has 0 aliphatic heterocycles. The van der Waals surface area contributed by atoms with Crippen LogP contribution in [-0.4, -0.2) is 16.9 Å². The van der Waals surface area contributed by atoms with Crippen molar-refractivity contribution in [2.75, 3.05) is 11.1 Å². The van der Waals surface area contributed by atoms with Gasteiger partial charge >= 0.3 is 0 Å². The quantitative estimate of drug-likeness (QED) is 0.650. The summed E-state index contributed by atoms with van der Waals surface area (Å²) in [5, 5.41) is 13.7. The van der Waals surface area contributed by atoms with Crippen LogP contribution >= 0.6 is 11.3 Å². The molecule has 0 saturated carbocycles. The van der Waals surface area contributed by atoms with Crippen LogP contribution in [0.1, 0.15) is 20.0 Å². The van der Waals surface area contributed by atoms with Crippen molar-refractivity contribution in [3.05, 3.63) is 56.9 Å². The maximum atomic E-state index is 12.9. The Hall–Kier alpha value is -3.20. The largest absolute Gasteiger partial charge is 0.545 e. The second kappa shape index (κ2) is 5.78. The van der Waals surface area contributed by atoms with Crippen molar-refractivity contribution in [2.45, 2.75) is 0 Å². The van der Waals surface area contributed by atoms with Gasteiger partial charge in [0.2, 0.25) is 0 Å². The summed E-state index contributed by atoms with van der Waals surface area (Å²) < 4.78 is 12.9. The van der Waals surface area contributed by atoms with Crippen molar-refractivity contribution in [1.29, 1.82) is 0 Å². The molecule has 122 valence electrons. The van der Waals surface area contributed by atoms with Crippen molar-refractivity contribution < 1.29 is 19.1 Å². The first kappa shape index (κ1) is 15.7. The highest BCUT2D eigenvalue weighted by Crippen LogP contribution is 2.32. The molecule has 9 heteroatoms. The van der Waals surface area contributed by atoms with Crippen LogP contribution in [0.2, 0.25) is 0 Å². The standard InChI is InChI=1S/C15H10FN3O4S/c16-6-1-3-7(4-2-6)18-13(21)11-10(17)8-5-9(15(22)23)12(20)19-14(8)24-11/h1-5H,17H2,(H,18,21)(H,19,20)(H,22,23)/p-1. The molecule has 0 radical (unpaired) electrons. The Morgan fingerprint density at radius 1 is 1.25 bits per heavy atom. The van der Waals surface area contributed by atoms with Crippen molar-refractivity contribution in [2.24, 2.45) is 0 Å². The van der Waals surface area contributed by atoms with E-state index in [-0.39, 0.29) is 20.8 Å². The van der Waals surface area contributed by atoms with Gasteiger partial charge in [0.05, 0.1) is 17.2 Å². The van der Waals surface area contributed by atoms with Gasteiger partial charge in [-0.05, 0) is 30.3 Å². The average molecular weight is 346 g/mol. The van der Waals surface area contributed by atoms with Gasteiger partial charge in [-0.15, -0.1) is 11.3 Å². The number of pyridine rings is 1. The fraction of sp³-hybridized carbons (Fsp3) is 0. The van der Waals surface area contributed by atoms with E-state index in [2.05, 4.69) is 10.3 Å². The van der Waals surface area contributed by atoms with E-state index in [1.54, 1.807) is 0 Å². The van der Waals surface area contributed by atoms with E-state index in [0.29, 0.717) is 5.69 Å². The number of nitrogens with two attached hydrogens (primary N) is 1. The number of amides is 1. The Labute approximate surface area is 137 Å². The fourth-order valence-electron chi connectivity index (χ4n) is 2.11. The topological polar surface area (TPSA) is 128 Å². The number of benzene rings is 1. The summed E-state index contributed by atoms with van der Waals surface area (Å²) >= 11 is 0.909. The van der Waals surface area contributed by atoms with Crippen LogP contribution in [0.25, 0.3) is 10.2 Å². The molecule has 0 aliphatic carbocycles. The maximum Gasteiger partial charge on any atom is 0.267 e. The van der Waals surface area contributed by atoms with Gasteiger partial charge in [0, 0.05) is 11.1 Å². The van der Waals surface area contributed by atoms with Gasteiger partial charge in [0.25, 0.3) is 11.5 Å². The van der Waals surface area contributed by atoms with Crippen LogP contribution in [0.5, 0.6) is 0 Å². The lowest BCUT2D eigenvalue weighted by Gasteiger charge is -2.04. The molecule has 0 bridgehead atoms. The van der Waals surface area contributed by atoms with Gasteiger partial charge in [-0.2, -0.15) is 0 Å². The summed E-state index contributed by atoms with van der Waals surface area (Å²) in [5.41, 5.74) is 4.88. The number of carbonyl (C=O) groups excluding carboxylic acids is 2. The highest BCUT2D eigenvalue weighted by Gasteiger charge is 2.18. The predicted octanol–water partition coefficient (Wildman–Crippen LogP) is 0.927. The van der Waals surface area contributed by atoms with Crippen molar-refractivity contribution in [3.63, 3.8) is 0 Å². The highest BCUT2D eigenvalue weighted by molar-refractivity contribution is 7.21. The van der Waals surface area contributed by atoms with Gasteiger partial charge < -0.3 is 25.9 Å². The smallest absolute Gasteiger partial charge is 0.267 e. The highest BCUT2D eigenvalue weighted by atomic mass is 32.1. The second-order valence-electron chi connectivity index (χ2n) is 4.85. The number of hydrogen-bond acceptors (Lipinski definition) is 6. The molecule has 24 heavy (non-hydrogen) atoms. The summed E-state index contributed by atoms with van der Waals surface area (Å²) in [6.07, 6.45) is 0. The van der Waals surface area contributed by atoms with E-state index in [9.17, 15) is 23.9 Å². The predicted molar refractivity (Wildman–Crippen MR) is 85.5 cm³/mol. The number of carboxylic acids is 1. The molecule has 3 aromatic rings. The fourth-order valence-corrected chi connectivity index (χ4v) is 3.10. The van der Waals surface area contributed by atoms with Crippen LogP contribution in [0.15, 0.2) is 35.1 Å². The zero-order valence-electron chi connectivity index (χ0n) is 11.9. The number of carboxylic acid groups (broad SMARTS) is 1. The Bertz CT molecular complexity index is 1020. The van der Waals surface area contributed by atoms with Crippen LogP contribution < -0.4 is 21.7 Å². The molecular weight excluding hydrogens is 337 g/mol. The van der Waals surface area contributed by atoms with E-state index in [4.69, 9.17) is 5.73 Å². The molecule has 7 nitrogen and oxygen atoms in total. The van der Waals surface area contributed by atoms with Gasteiger partial charge in [0.1, 0.15) is 15.5 Å². The first-order valence-electron chi connectivity index (χ1n) is 6.60. The van der Waals surface area contributed by atoms with Gasteiger partial charge in [-0.3, -0.25) is 9.59 Å². The number of H-pyrrole nitrogens is 1. The van der Waals surface area contributed by atoms with Gasteiger partial charge in [-0.25, -0.2) is 4.39 Å². The van der Waals surface area contributed by atoms with E-state index < -0.39 is 28.8 Å². The summed E-state index contributed by atoms with van der Waals surface area (Å²) in [6, 6.07) is 6.21. The molecular formula is C15H9FN3O4S-. The number of aromatic nitrogens is 1. The summed E-state index contributed by atoms with van der Waals surface area (Å²) in [4.78, 5) is 37.6. The molecule has 0 aliphatic rings. The first-order chi connectivity index (χ1) is 11.4. The normalized spacial score (nSPS) is 10.7. The Morgan fingerprint density at radius 3 is 2.54 bits per heavy atom. The summed E-state index contributed by atoms with van der Waals surface area (Å²) in [5.74, 6) is -2.64. The summed E-state index contributed by atoms with van der Waals surface area (Å²) in [7, 11) is 0. The van der Waals surface area contributed by atoms with Crippen molar-refractivity contribution >= 4 is 44.8 Å². The van der Waals surface area contributed by atoms with Gasteiger partial charge in [-0.1, -0.05) is 0 Å². The first-order valence-corrected chi connectivity index (χ1v) is 7.42. The molecule has 0 atom stereocenters. The van der Waals surface area contributed by atoms with Crippen LogP contribution in [-0.2, 0) is 0 Å². The minimum Gasteiger partial charge on any atom is -0.545 e. The zero-order valence-corrected chi connectivity index (χ0v) is 12.7. The molecule has 2 aromatic heterocycles. The number of rotatable bonds is 3. The number of aromatic amines is 1. The third kappa shape index (κ3) is 2.72. The molecule has 0 fully saturated rings. The third-order valence-corrected chi connectivity index (χ3v) is 4.41. The number of nitrogen functional groups attached to an aromatic ring is 1. The number of anilines is 2.